The van der Waals surface area contributed by atoms with Gasteiger partial charge in [0.05, 0.1) is 0 Å². The summed E-state index contributed by atoms with van der Waals surface area (Å²) in [4.78, 5) is 12.1. The van der Waals surface area contributed by atoms with Gasteiger partial charge in [-0.3, -0.25) is 4.79 Å². The lowest BCUT2D eigenvalue weighted by Crippen LogP contribution is -2.35. The Bertz CT molecular complexity index is 212. The average Bonchev–Trinajstić information content (AvgIpc) is 2.81. The smallest absolute Gasteiger partial charge is 0.223 e. The molecule has 0 radical (unpaired) electrons. The van der Waals surface area contributed by atoms with Crippen LogP contribution in [0.25, 0.3) is 0 Å². The van der Waals surface area contributed by atoms with E-state index in [-0.39, 0.29) is 11.8 Å². The molecular weight excluding hydrogens is 212 g/mol. The van der Waals surface area contributed by atoms with Gasteiger partial charge in [0.15, 0.2) is 0 Å². The van der Waals surface area contributed by atoms with Crippen LogP contribution in [-0.2, 0) is 4.79 Å². The Morgan fingerprint density at radius 2 is 2.00 bits per heavy atom. The molecule has 0 saturated heterocycles. The molecule has 17 heavy (non-hydrogen) atoms. The second kappa shape index (κ2) is 8.51. The van der Waals surface area contributed by atoms with Crippen molar-refractivity contribution in [3.8, 4) is 0 Å². The molecule has 0 aliphatic heterocycles. The Morgan fingerprint density at radius 3 is 2.59 bits per heavy atom. The van der Waals surface area contributed by atoms with Gasteiger partial charge in [-0.05, 0) is 25.8 Å². The van der Waals surface area contributed by atoms with Crippen LogP contribution in [-0.4, -0.2) is 26.0 Å². The highest BCUT2D eigenvalue weighted by molar-refractivity contribution is 5.78. The molecule has 0 bridgehead atoms. The number of hydrogen-bond donors (Lipinski definition) is 2. The number of nitrogens with one attached hydrogen (secondary N) is 2. The molecule has 0 heterocycles. The Labute approximate surface area is 106 Å². The molecule has 1 fully saturated rings. The predicted octanol–water partition coefficient (Wildman–Crippen LogP) is 2.32. The quantitative estimate of drug-likeness (QED) is 0.639. The summed E-state index contributed by atoms with van der Waals surface area (Å²) in [6.07, 6.45) is 8.67. The lowest BCUT2D eigenvalue weighted by molar-refractivity contribution is -0.125. The van der Waals surface area contributed by atoms with Gasteiger partial charge in [-0.1, -0.05) is 39.0 Å². The first-order valence-corrected chi connectivity index (χ1v) is 7.20. The summed E-state index contributed by atoms with van der Waals surface area (Å²) in [7, 11) is 1.91. The summed E-state index contributed by atoms with van der Waals surface area (Å²) in [5.74, 6) is 1.33. The predicted molar refractivity (Wildman–Crippen MR) is 71.9 cm³/mol. The molecule has 100 valence electrons. The van der Waals surface area contributed by atoms with Crippen molar-refractivity contribution in [3.05, 3.63) is 0 Å². The molecule has 0 spiro atoms. The largest absolute Gasteiger partial charge is 0.355 e. The van der Waals surface area contributed by atoms with E-state index in [9.17, 15) is 4.79 Å². The van der Waals surface area contributed by atoms with Gasteiger partial charge in [-0.15, -0.1) is 0 Å². The van der Waals surface area contributed by atoms with E-state index in [0.29, 0.717) is 0 Å². The summed E-state index contributed by atoms with van der Waals surface area (Å²) < 4.78 is 0. The highest BCUT2D eigenvalue weighted by atomic mass is 16.1. The summed E-state index contributed by atoms with van der Waals surface area (Å²) in [5, 5.41) is 6.09. The first kappa shape index (κ1) is 14.5. The number of carbonyl (C=O) groups excluding carboxylic acids is 1. The number of hydrogen-bond acceptors (Lipinski definition) is 2. The van der Waals surface area contributed by atoms with Crippen molar-refractivity contribution in [2.24, 2.45) is 11.8 Å². The zero-order valence-electron chi connectivity index (χ0n) is 11.4. The highest BCUT2D eigenvalue weighted by Gasteiger charge is 2.24. The lowest BCUT2D eigenvalue weighted by atomic mass is 9.89. The molecule has 3 nitrogen and oxygen atoms in total. The van der Waals surface area contributed by atoms with Crippen molar-refractivity contribution in [3.63, 3.8) is 0 Å². The Balaban J connectivity index is 2.31. The second-order valence-corrected chi connectivity index (χ2v) is 5.27. The molecule has 1 saturated carbocycles. The standard InChI is InChI=1S/C14H28N2O/c1-3-6-13(11-12-7-4-5-8-12)14(17)16-10-9-15-2/h12-13,15H,3-11H2,1-2H3,(H,16,17). The van der Waals surface area contributed by atoms with Crippen molar-refractivity contribution in [1.29, 1.82) is 0 Å². The maximum atomic E-state index is 12.1. The number of likely N-dealkylation sites (N-methyl/N-ethyl adjacent to an activating group) is 1. The van der Waals surface area contributed by atoms with Crippen LogP contribution in [0.1, 0.15) is 51.9 Å². The Morgan fingerprint density at radius 1 is 1.29 bits per heavy atom. The van der Waals surface area contributed by atoms with Gasteiger partial charge in [0.2, 0.25) is 5.91 Å². The minimum atomic E-state index is 0.250. The van der Waals surface area contributed by atoms with E-state index >= 15 is 0 Å². The molecule has 0 aromatic heterocycles. The van der Waals surface area contributed by atoms with Crippen LogP contribution in [0.4, 0.5) is 0 Å². The van der Waals surface area contributed by atoms with E-state index in [1.807, 2.05) is 7.05 Å². The summed E-state index contributed by atoms with van der Waals surface area (Å²) in [6, 6.07) is 0. The molecule has 1 atom stereocenters. The molecule has 1 amide bonds. The molecule has 1 aliphatic rings. The van der Waals surface area contributed by atoms with E-state index in [1.165, 1.54) is 25.7 Å². The second-order valence-electron chi connectivity index (χ2n) is 5.27. The van der Waals surface area contributed by atoms with E-state index in [1.54, 1.807) is 0 Å². The van der Waals surface area contributed by atoms with Crippen molar-refractivity contribution < 1.29 is 4.79 Å². The zero-order chi connectivity index (χ0) is 12.5. The number of rotatable bonds is 8. The van der Waals surface area contributed by atoms with Crippen LogP contribution >= 0.6 is 0 Å². The SMILES string of the molecule is CCCC(CC1CCCC1)C(=O)NCCNC. The van der Waals surface area contributed by atoms with Gasteiger partial charge in [0.25, 0.3) is 0 Å². The van der Waals surface area contributed by atoms with Crippen LogP contribution in [0.2, 0.25) is 0 Å². The summed E-state index contributed by atoms with van der Waals surface area (Å²) in [5.41, 5.74) is 0. The Kier molecular flexibility index (Phi) is 7.25. The molecule has 1 rings (SSSR count). The van der Waals surface area contributed by atoms with Crippen molar-refractivity contribution in [2.45, 2.75) is 51.9 Å². The van der Waals surface area contributed by atoms with Gasteiger partial charge in [0, 0.05) is 19.0 Å². The lowest BCUT2D eigenvalue weighted by Gasteiger charge is -2.19. The molecule has 3 heteroatoms. The van der Waals surface area contributed by atoms with Crippen molar-refractivity contribution in [1.82, 2.24) is 10.6 Å². The van der Waals surface area contributed by atoms with Crippen molar-refractivity contribution >= 4 is 5.91 Å². The van der Waals surface area contributed by atoms with Crippen LogP contribution in [0.5, 0.6) is 0 Å². The third-order valence-electron chi connectivity index (χ3n) is 3.77. The fraction of sp³-hybridized carbons (Fsp3) is 0.929. The third-order valence-corrected chi connectivity index (χ3v) is 3.77. The number of amides is 1. The van der Waals surface area contributed by atoms with Gasteiger partial charge < -0.3 is 10.6 Å². The summed E-state index contributed by atoms with van der Waals surface area (Å²) >= 11 is 0. The molecular formula is C14H28N2O. The van der Waals surface area contributed by atoms with E-state index < -0.39 is 0 Å². The normalized spacial score (nSPS) is 18.2. The van der Waals surface area contributed by atoms with E-state index in [4.69, 9.17) is 0 Å². The molecule has 2 N–H and O–H groups in total. The average molecular weight is 240 g/mol. The Hall–Kier alpha value is -0.570. The van der Waals surface area contributed by atoms with E-state index in [0.717, 1.165) is 38.3 Å². The minimum absolute atomic E-state index is 0.250. The fourth-order valence-corrected chi connectivity index (χ4v) is 2.81. The van der Waals surface area contributed by atoms with E-state index in [2.05, 4.69) is 17.6 Å². The van der Waals surface area contributed by atoms with Gasteiger partial charge >= 0.3 is 0 Å². The van der Waals surface area contributed by atoms with Gasteiger partial charge in [-0.2, -0.15) is 0 Å². The molecule has 1 unspecified atom stereocenters. The number of carbonyl (C=O) groups is 1. The van der Waals surface area contributed by atoms with Crippen LogP contribution < -0.4 is 10.6 Å². The van der Waals surface area contributed by atoms with Crippen LogP contribution in [0, 0.1) is 11.8 Å². The van der Waals surface area contributed by atoms with Crippen LogP contribution in [0.3, 0.4) is 0 Å². The summed E-state index contributed by atoms with van der Waals surface area (Å²) in [6.45, 7) is 3.77. The van der Waals surface area contributed by atoms with Gasteiger partial charge in [0.1, 0.15) is 0 Å². The van der Waals surface area contributed by atoms with Crippen molar-refractivity contribution in [2.75, 3.05) is 20.1 Å². The molecule has 1 aliphatic carbocycles. The van der Waals surface area contributed by atoms with Crippen LogP contribution in [0.15, 0.2) is 0 Å². The monoisotopic (exact) mass is 240 g/mol. The maximum Gasteiger partial charge on any atom is 0.223 e. The zero-order valence-corrected chi connectivity index (χ0v) is 11.4. The van der Waals surface area contributed by atoms with Gasteiger partial charge in [-0.25, -0.2) is 0 Å². The maximum absolute atomic E-state index is 12.1. The minimum Gasteiger partial charge on any atom is -0.355 e. The molecule has 0 aromatic rings. The highest BCUT2D eigenvalue weighted by Crippen LogP contribution is 2.31. The third kappa shape index (κ3) is 5.53. The first-order chi connectivity index (χ1) is 8.27. The topological polar surface area (TPSA) is 41.1 Å². The fourth-order valence-electron chi connectivity index (χ4n) is 2.81. The molecule has 0 aromatic carbocycles. The first-order valence-electron chi connectivity index (χ1n) is 7.20.